The van der Waals surface area contributed by atoms with E-state index >= 15 is 0 Å². The van der Waals surface area contributed by atoms with E-state index in [1.165, 1.54) is 5.56 Å². The molecule has 4 nitrogen and oxygen atoms in total. The number of aromatic nitrogens is 1. The Labute approximate surface area is 141 Å². The standard InChI is InChI=1S/C18H22N2O2S/c1-18(2,3)22-17(21)20-9-6-13-4-5-15(14-8-11-23-12-14)19-16(13)7-10-20/h4-5,8,11-12H,6-7,9-10H2,1-3H3. The summed E-state index contributed by atoms with van der Waals surface area (Å²) < 4.78 is 5.48. The summed E-state index contributed by atoms with van der Waals surface area (Å²) in [7, 11) is 0. The number of nitrogens with zero attached hydrogens (tertiary/aromatic N) is 2. The molecule has 3 heterocycles. The predicted molar refractivity (Wildman–Crippen MR) is 92.8 cm³/mol. The third-order valence-electron chi connectivity index (χ3n) is 3.81. The van der Waals surface area contributed by atoms with Crippen molar-refractivity contribution in [3.8, 4) is 11.3 Å². The molecule has 0 saturated heterocycles. The Kier molecular flexibility index (Phi) is 4.39. The second-order valence-electron chi connectivity index (χ2n) is 6.78. The number of pyridine rings is 1. The largest absolute Gasteiger partial charge is 0.444 e. The molecule has 122 valence electrons. The van der Waals surface area contributed by atoms with Crippen LogP contribution in [0.1, 0.15) is 32.0 Å². The SMILES string of the molecule is CC(C)(C)OC(=O)N1CCc2ccc(-c3ccsc3)nc2CC1. The third-order valence-corrected chi connectivity index (χ3v) is 4.49. The van der Waals surface area contributed by atoms with Crippen LogP contribution in [0, 0.1) is 0 Å². The van der Waals surface area contributed by atoms with Gasteiger partial charge in [-0.05, 0) is 50.3 Å². The van der Waals surface area contributed by atoms with E-state index in [2.05, 4.69) is 29.0 Å². The molecule has 2 aromatic heterocycles. The van der Waals surface area contributed by atoms with Crippen LogP contribution in [0.3, 0.4) is 0 Å². The molecule has 1 amide bonds. The van der Waals surface area contributed by atoms with Gasteiger partial charge >= 0.3 is 6.09 Å². The molecule has 0 spiro atoms. The van der Waals surface area contributed by atoms with Gasteiger partial charge in [-0.1, -0.05) is 6.07 Å². The molecule has 0 aliphatic carbocycles. The van der Waals surface area contributed by atoms with E-state index in [4.69, 9.17) is 9.72 Å². The monoisotopic (exact) mass is 330 g/mol. The van der Waals surface area contributed by atoms with Crippen molar-refractivity contribution in [2.75, 3.05) is 13.1 Å². The number of fused-ring (bicyclic) bond motifs is 1. The Morgan fingerprint density at radius 3 is 2.70 bits per heavy atom. The fourth-order valence-electron chi connectivity index (χ4n) is 2.66. The van der Waals surface area contributed by atoms with Crippen molar-refractivity contribution in [2.24, 2.45) is 0 Å². The molecule has 1 aliphatic rings. The fourth-order valence-corrected chi connectivity index (χ4v) is 3.31. The molecule has 1 aliphatic heterocycles. The molecule has 2 aromatic rings. The van der Waals surface area contributed by atoms with Gasteiger partial charge in [0.1, 0.15) is 5.60 Å². The predicted octanol–water partition coefficient (Wildman–Crippen LogP) is 4.15. The summed E-state index contributed by atoms with van der Waals surface area (Å²) in [5, 5.41) is 4.17. The highest BCUT2D eigenvalue weighted by Crippen LogP contribution is 2.24. The maximum Gasteiger partial charge on any atom is 0.410 e. The van der Waals surface area contributed by atoms with Gasteiger partial charge < -0.3 is 9.64 Å². The van der Waals surface area contributed by atoms with Gasteiger partial charge in [0, 0.05) is 36.1 Å². The van der Waals surface area contributed by atoms with E-state index in [0.29, 0.717) is 13.1 Å². The summed E-state index contributed by atoms with van der Waals surface area (Å²) in [5.74, 6) is 0. The second kappa shape index (κ2) is 6.32. The minimum Gasteiger partial charge on any atom is -0.444 e. The fraction of sp³-hybridized carbons (Fsp3) is 0.444. The van der Waals surface area contributed by atoms with Gasteiger partial charge in [0.05, 0.1) is 5.69 Å². The van der Waals surface area contributed by atoms with Crippen LogP contribution in [-0.2, 0) is 17.6 Å². The lowest BCUT2D eigenvalue weighted by molar-refractivity contribution is 0.0258. The first-order valence-electron chi connectivity index (χ1n) is 7.92. The Morgan fingerprint density at radius 1 is 1.22 bits per heavy atom. The van der Waals surface area contributed by atoms with Gasteiger partial charge in [-0.3, -0.25) is 4.98 Å². The van der Waals surface area contributed by atoms with Crippen molar-refractivity contribution in [3.05, 3.63) is 40.2 Å². The Bertz CT molecular complexity index is 690. The maximum atomic E-state index is 12.3. The quantitative estimate of drug-likeness (QED) is 0.789. The van der Waals surface area contributed by atoms with Gasteiger partial charge in [0.15, 0.2) is 0 Å². The van der Waals surface area contributed by atoms with Gasteiger partial charge in [0.25, 0.3) is 0 Å². The minimum absolute atomic E-state index is 0.233. The highest BCUT2D eigenvalue weighted by atomic mass is 32.1. The first kappa shape index (κ1) is 16.0. The molecule has 23 heavy (non-hydrogen) atoms. The van der Waals surface area contributed by atoms with Crippen molar-refractivity contribution in [1.29, 1.82) is 0 Å². The van der Waals surface area contributed by atoms with Gasteiger partial charge in [0.2, 0.25) is 0 Å². The van der Waals surface area contributed by atoms with Gasteiger partial charge in [-0.25, -0.2) is 4.79 Å². The van der Waals surface area contributed by atoms with E-state index in [-0.39, 0.29) is 6.09 Å². The lowest BCUT2D eigenvalue weighted by atomic mass is 10.1. The lowest BCUT2D eigenvalue weighted by Crippen LogP contribution is -2.38. The maximum absolute atomic E-state index is 12.3. The molecule has 3 rings (SSSR count). The summed E-state index contributed by atoms with van der Waals surface area (Å²) in [4.78, 5) is 18.9. The van der Waals surface area contributed by atoms with E-state index in [0.717, 1.165) is 29.8 Å². The summed E-state index contributed by atoms with van der Waals surface area (Å²) in [6.45, 7) is 7.02. The Balaban J connectivity index is 1.74. The van der Waals surface area contributed by atoms with Gasteiger partial charge in [-0.15, -0.1) is 0 Å². The van der Waals surface area contributed by atoms with Crippen LogP contribution in [-0.4, -0.2) is 34.7 Å². The van der Waals surface area contributed by atoms with Crippen molar-refractivity contribution in [2.45, 2.75) is 39.2 Å². The molecular weight excluding hydrogens is 308 g/mol. The number of hydrogen-bond acceptors (Lipinski definition) is 4. The topological polar surface area (TPSA) is 42.4 Å². The Morgan fingerprint density at radius 2 is 2.00 bits per heavy atom. The van der Waals surface area contributed by atoms with Crippen LogP contribution in [0.5, 0.6) is 0 Å². The first-order valence-corrected chi connectivity index (χ1v) is 8.86. The van der Waals surface area contributed by atoms with Crippen LogP contribution in [0.15, 0.2) is 29.0 Å². The number of rotatable bonds is 1. The van der Waals surface area contributed by atoms with Crippen LogP contribution in [0.4, 0.5) is 4.79 Å². The molecule has 0 unspecified atom stereocenters. The van der Waals surface area contributed by atoms with Crippen molar-refractivity contribution >= 4 is 17.4 Å². The summed E-state index contributed by atoms with van der Waals surface area (Å²) in [5.41, 5.74) is 4.04. The zero-order valence-corrected chi connectivity index (χ0v) is 14.7. The van der Waals surface area contributed by atoms with Crippen LogP contribution >= 0.6 is 11.3 Å². The third kappa shape index (κ3) is 3.91. The molecule has 0 fully saturated rings. The molecule has 0 saturated carbocycles. The number of ether oxygens (including phenoxy) is 1. The van der Waals surface area contributed by atoms with Crippen LogP contribution in [0.25, 0.3) is 11.3 Å². The van der Waals surface area contributed by atoms with Crippen molar-refractivity contribution < 1.29 is 9.53 Å². The van der Waals surface area contributed by atoms with Crippen molar-refractivity contribution in [3.63, 3.8) is 0 Å². The molecule has 0 N–H and O–H groups in total. The first-order chi connectivity index (χ1) is 10.9. The lowest BCUT2D eigenvalue weighted by Gasteiger charge is -2.26. The van der Waals surface area contributed by atoms with Crippen LogP contribution < -0.4 is 0 Å². The molecule has 0 bridgehead atoms. The molecule has 0 aromatic carbocycles. The summed E-state index contributed by atoms with van der Waals surface area (Å²) in [6.07, 6.45) is 1.36. The Hall–Kier alpha value is -1.88. The molecule has 0 radical (unpaired) electrons. The second-order valence-corrected chi connectivity index (χ2v) is 7.56. The zero-order valence-electron chi connectivity index (χ0n) is 13.8. The van der Waals surface area contributed by atoms with E-state index in [9.17, 15) is 4.79 Å². The number of thiophene rings is 1. The van der Waals surface area contributed by atoms with E-state index < -0.39 is 5.60 Å². The van der Waals surface area contributed by atoms with E-state index in [1.54, 1.807) is 16.2 Å². The number of carbonyl (C=O) groups excluding carboxylic acids is 1. The highest BCUT2D eigenvalue weighted by Gasteiger charge is 2.24. The minimum atomic E-state index is -0.458. The normalized spacial score (nSPS) is 15.0. The average Bonchev–Trinajstić information content (AvgIpc) is 2.92. The molecule has 0 atom stereocenters. The average molecular weight is 330 g/mol. The molecular formula is C18H22N2O2S. The number of hydrogen-bond donors (Lipinski definition) is 0. The zero-order chi connectivity index (χ0) is 16.4. The summed E-state index contributed by atoms with van der Waals surface area (Å²) >= 11 is 1.68. The number of amides is 1. The smallest absolute Gasteiger partial charge is 0.410 e. The van der Waals surface area contributed by atoms with Crippen molar-refractivity contribution in [1.82, 2.24) is 9.88 Å². The number of carbonyl (C=O) groups is 1. The van der Waals surface area contributed by atoms with E-state index in [1.807, 2.05) is 20.8 Å². The summed E-state index contributed by atoms with van der Waals surface area (Å²) in [6, 6.07) is 6.31. The van der Waals surface area contributed by atoms with Gasteiger partial charge in [-0.2, -0.15) is 11.3 Å². The molecule has 5 heteroatoms. The highest BCUT2D eigenvalue weighted by molar-refractivity contribution is 7.08. The van der Waals surface area contributed by atoms with Crippen LogP contribution in [0.2, 0.25) is 0 Å².